The molecular formula is C38H66O13S. The quantitative estimate of drug-likeness (QED) is 0.212. The van der Waals surface area contributed by atoms with Crippen LogP contribution in [0.1, 0.15) is 110 Å². The van der Waals surface area contributed by atoms with Crippen LogP contribution >= 0.6 is 12.0 Å². The van der Waals surface area contributed by atoms with E-state index in [-0.39, 0.29) is 31.1 Å². The second-order valence-electron chi connectivity index (χ2n) is 17.2. The Kier molecular flexibility index (Phi) is 13.1. The van der Waals surface area contributed by atoms with Crippen molar-refractivity contribution in [2.45, 2.75) is 187 Å². The lowest BCUT2D eigenvalue weighted by Crippen LogP contribution is -2.62. The van der Waals surface area contributed by atoms with Crippen molar-refractivity contribution >= 4 is 24.2 Å². The molecule has 4 aliphatic rings. The highest BCUT2D eigenvalue weighted by Gasteiger charge is 2.56. The van der Waals surface area contributed by atoms with E-state index in [0.29, 0.717) is 12.8 Å². The fraction of sp³-hybridized carbons (Fsp3) is 0.947. The molecule has 4 rings (SSSR count). The molecule has 4 fully saturated rings. The first-order valence-corrected chi connectivity index (χ1v) is 19.8. The summed E-state index contributed by atoms with van der Waals surface area (Å²) in [6, 6.07) is 0. The van der Waals surface area contributed by atoms with Crippen LogP contribution in [0, 0.1) is 35.0 Å². The van der Waals surface area contributed by atoms with Crippen LogP contribution in [0.4, 0.5) is 4.79 Å². The molecular weight excluding hydrogens is 696 g/mol. The molecule has 14 heteroatoms. The summed E-state index contributed by atoms with van der Waals surface area (Å²) < 4.78 is 65.2. The maximum Gasteiger partial charge on any atom is 0.508 e. The predicted molar refractivity (Wildman–Crippen MR) is 193 cm³/mol. The van der Waals surface area contributed by atoms with Gasteiger partial charge >= 0.3 is 12.1 Å². The van der Waals surface area contributed by atoms with E-state index >= 15 is 0 Å². The Morgan fingerprint density at radius 3 is 2.21 bits per heavy atom. The fourth-order valence-corrected chi connectivity index (χ4v) is 9.68. The Hall–Kier alpha value is -1.23. The Balaban J connectivity index is 1.84. The summed E-state index contributed by atoms with van der Waals surface area (Å²) in [6.45, 7) is 21.8. The van der Waals surface area contributed by atoms with Crippen LogP contribution in [0.2, 0.25) is 0 Å². The van der Waals surface area contributed by atoms with E-state index in [9.17, 15) is 19.8 Å². The first kappa shape index (κ1) is 40.4. The maximum absolute atomic E-state index is 14.3. The number of carbonyl (C=O) groups is 2. The highest BCUT2D eigenvalue weighted by molar-refractivity contribution is 7.93. The van der Waals surface area contributed by atoms with E-state index in [2.05, 4.69) is 0 Å². The van der Waals surface area contributed by atoms with Crippen molar-refractivity contribution in [2.75, 3.05) is 6.23 Å². The van der Waals surface area contributed by atoms with Gasteiger partial charge in [0, 0.05) is 25.9 Å². The molecule has 302 valence electrons. The minimum atomic E-state index is -1.80. The molecule has 4 saturated heterocycles. The molecule has 0 aromatic heterocycles. The van der Waals surface area contributed by atoms with Gasteiger partial charge in [0.05, 0.1) is 42.0 Å². The van der Waals surface area contributed by atoms with Crippen molar-refractivity contribution in [3.63, 3.8) is 0 Å². The van der Waals surface area contributed by atoms with Crippen LogP contribution in [0.25, 0.3) is 0 Å². The van der Waals surface area contributed by atoms with Gasteiger partial charge in [-0.15, -0.1) is 0 Å². The van der Waals surface area contributed by atoms with Gasteiger partial charge in [-0.05, 0) is 83.2 Å². The summed E-state index contributed by atoms with van der Waals surface area (Å²) in [5.41, 5.74) is -3.99. The van der Waals surface area contributed by atoms with Crippen molar-refractivity contribution in [3.05, 3.63) is 0 Å². The summed E-state index contributed by atoms with van der Waals surface area (Å²) in [4.78, 5) is 27.2. The second kappa shape index (κ2) is 16.9. The first-order chi connectivity index (χ1) is 25.1. The number of rotatable bonds is 8. The number of hydrogen-bond acceptors (Lipinski definition) is 14. The lowest BCUT2D eigenvalue weighted by atomic mass is 9.73. The predicted octanol–water partition coefficient (Wildman–Crippen LogP) is 5.39. The number of ether oxygens (including phenoxy) is 7. The maximum atomic E-state index is 14.3. The third-order valence-electron chi connectivity index (χ3n) is 12.0. The molecule has 18 atom stereocenters. The van der Waals surface area contributed by atoms with E-state index in [0.717, 1.165) is 12.0 Å². The fourth-order valence-electron chi connectivity index (χ4n) is 9.24. The molecule has 4 aliphatic heterocycles. The molecule has 0 radical (unpaired) electrons. The number of hydrogen-bond donors (Lipinski definition) is 3. The van der Waals surface area contributed by atoms with Crippen molar-refractivity contribution in [1.82, 2.24) is 0 Å². The zero-order chi connectivity index (χ0) is 40.5. The van der Waals surface area contributed by atoms with Gasteiger partial charge in [-0.3, -0.25) is 4.79 Å². The third kappa shape index (κ3) is 9.24. The summed E-state index contributed by atoms with van der Waals surface area (Å²) in [5, 5.41) is 29.8. The van der Waals surface area contributed by atoms with E-state index in [1.54, 1.807) is 27.7 Å². The van der Waals surface area contributed by atoms with Crippen LogP contribution < -0.4 is 0 Å². The van der Waals surface area contributed by atoms with E-state index in [1.807, 2.05) is 48.5 Å². The average molecular weight is 767 g/mol. The van der Waals surface area contributed by atoms with Gasteiger partial charge in [-0.1, -0.05) is 48.5 Å². The topological polar surface area (TPSA) is 169 Å². The normalized spacial score (nSPS) is 49.7. The van der Waals surface area contributed by atoms with Gasteiger partial charge in [-0.25, -0.2) is 4.79 Å². The van der Waals surface area contributed by atoms with E-state index in [4.69, 9.17) is 45.3 Å². The highest BCUT2D eigenvalue weighted by atomic mass is 32.2. The lowest BCUT2D eigenvalue weighted by molar-refractivity contribution is -0.310. The molecule has 0 saturated carbocycles. The summed E-state index contributed by atoms with van der Waals surface area (Å²) in [6.07, 6.45) is -8.29. The van der Waals surface area contributed by atoms with Gasteiger partial charge < -0.3 is 52.7 Å². The molecule has 0 aliphatic carbocycles. The van der Waals surface area contributed by atoms with Crippen LogP contribution in [0.15, 0.2) is 0 Å². The Morgan fingerprint density at radius 2 is 1.60 bits per heavy atom. The Morgan fingerprint density at radius 1 is 0.904 bits per heavy atom. The van der Waals surface area contributed by atoms with Crippen LogP contribution in [-0.2, 0) is 42.1 Å². The molecule has 52 heavy (non-hydrogen) atoms. The van der Waals surface area contributed by atoms with Crippen molar-refractivity contribution in [1.29, 1.82) is 1.43 Å². The van der Waals surface area contributed by atoms with Crippen LogP contribution in [0.5, 0.6) is 0 Å². The molecule has 0 spiro atoms. The van der Waals surface area contributed by atoms with Gasteiger partial charge in [-0.2, -0.15) is 0 Å². The first-order valence-electron chi connectivity index (χ1n) is 20.0. The van der Waals surface area contributed by atoms with Gasteiger partial charge in [0.1, 0.15) is 30.0 Å². The Bertz CT molecular complexity index is 1260. The number of fused-ring (bicyclic) bond motifs is 2. The standard InChI is InChI=1S/C38H66O13S/c1-14-25-38(12,43)32-21(5)27(48-35(41)50-32)19(3)16-37(11,42)31(49-34-28(51-52-13)18(2)15-20(4)44-34)22(6)29(23(7)33(40)46-25)47-26-17-36(9,10)30(39)24(8)45-26/h18-32,34,39,42-43H,14-17H2,1-13H3/t18-,19+,20+,21-,22-,23+,24-,25+,26?,27-,28+,29-,30-,31+,32+,34?,37-,38+/m0/s1/i13T,39T. The Labute approximate surface area is 317 Å². The molecule has 2 unspecified atom stereocenters. The lowest BCUT2D eigenvalue weighted by Gasteiger charge is -2.50. The minimum Gasteiger partial charge on any atom is -0.459 e. The molecule has 0 aromatic carbocycles. The monoisotopic (exact) mass is 766 g/mol. The molecule has 0 amide bonds. The van der Waals surface area contributed by atoms with Gasteiger partial charge in [0.15, 0.2) is 12.6 Å². The van der Waals surface area contributed by atoms with Crippen LogP contribution in [-0.4, -0.2) is 114 Å². The molecule has 13 nitrogen and oxygen atoms in total. The van der Waals surface area contributed by atoms with Crippen molar-refractivity contribution in [2.24, 2.45) is 35.0 Å². The van der Waals surface area contributed by atoms with Gasteiger partial charge in [0.25, 0.3) is 0 Å². The largest absolute Gasteiger partial charge is 0.508 e. The summed E-state index contributed by atoms with van der Waals surface area (Å²) in [7, 11) is 0. The molecule has 4 heterocycles. The van der Waals surface area contributed by atoms with E-state index < -0.39 is 114 Å². The number of carbonyl (C=O) groups excluding carboxylic acids is 2. The zero-order valence-electron chi connectivity index (χ0n) is 35.1. The van der Waals surface area contributed by atoms with Crippen LogP contribution in [0.3, 0.4) is 0 Å². The highest BCUT2D eigenvalue weighted by Crippen LogP contribution is 2.44. The third-order valence-corrected chi connectivity index (χ3v) is 12.4. The summed E-state index contributed by atoms with van der Waals surface area (Å²) in [5.74, 6) is -3.45. The van der Waals surface area contributed by atoms with Crippen molar-refractivity contribution in [3.8, 4) is 0 Å². The molecule has 2 bridgehead atoms. The van der Waals surface area contributed by atoms with Gasteiger partial charge in [0.2, 0.25) is 1.43 Å². The second-order valence-corrected chi connectivity index (χ2v) is 17.7. The van der Waals surface area contributed by atoms with E-state index in [1.165, 1.54) is 6.92 Å². The number of aliphatic hydroxyl groups is 3. The molecule has 3 N–H and O–H groups in total. The smallest absolute Gasteiger partial charge is 0.459 e. The molecule has 0 aromatic rings. The van der Waals surface area contributed by atoms with Crippen molar-refractivity contribution < 1.29 is 63.6 Å². The minimum absolute atomic E-state index is 0.0128. The average Bonchev–Trinajstić information content (AvgIpc) is 3.06. The zero-order valence-corrected chi connectivity index (χ0v) is 33.9. The summed E-state index contributed by atoms with van der Waals surface area (Å²) >= 11 is 0.986. The number of cyclic esters (lactones) is 1. The number of aliphatic hydroxyl groups excluding tert-OH is 1. The number of esters is 1. The SMILES string of the molecule is [3H]CSO[C@H]1C(O[C@@H]2[C@@H](C)[C@H](OC3CC(C)(C)[C@@H](O[3H])[C@H](C)O3)[C@@H](C)C(=O)O[C@H](CC)[C@@](C)(O)[C@@H]3OC(=O)O[C@H]([C@@H]3C)[C@H](C)C[C@]2(C)O)O[C@H](C)C[C@@H]1C.